The van der Waals surface area contributed by atoms with Gasteiger partial charge in [0, 0.05) is 18.0 Å². The van der Waals surface area contributed by atoms with Crippen LogP contribution in [0.25, 0.3) is 0 Å². The third-order valence-corrected chi connectivity index (χ3v) is 4.88. The van der Waals surface area contributed by atoms with Gasteiger partial charge in [-0.3, -0.25) is 4.79 Å². The number of hydrogen-bond acceptors (Lipinski definition) is 3. The molecule has 19 heavy (non-hydrogen) atoms. The van der Waals surface area contributed by atoms with Crippen LogP contribution in [-0.2, 0) is 12.8 Å². The number of amides is 1. The van der Waals surface area contributed by atoms with E-state index in [4.69, 9.17) is 5.11 Å². The maximum atomic E-state index is 12.1. The molecule has 0 aromatic carbocycles. The molecule has 1 amide bonds. The van der Waals surface area contributed by atoms with Crippen molar-refractivity contribution in [2.75, 3.05) is 13.2 Å². The van der Waals surface area contributed by atoms with E-state index in [0.29, 0.717) is 6.54 Å². The van der Waals surface area contributed by atoms with E-state index in [1.165, 1.54) is 36.1 Å². The second-order valence-corrected chi connectivity index (χ2v) is 6.61. The summed E-state index contributed by atoms with van der Waals surface area (Å²) in [6.45, 7) is 2.58. The lowest BCUT2D eigenvalue weighted by atomic mass is 10.00. The van der Waals surface area contributed by atoms with Crippen molar-refractivity contribution < 1.29 is 9.90 Å². The van der Waals surface area contributed by atoms with Gasteiger partial charge < -0.3 is 10.4 Å². The predicted octanol–water partition coefficient (Wildman–Crippen LogP) is 2.77. The second kappa shape index (κ2) is 7.06. The first-order chi connectivity index (χ1) is 9.20. The zero-order valence-electron chi connectivity index (χ0n) is 11.6. The van der Waals surface area contributed by atoms with Gasteiger partial charge in [-0.2, -0.15) is 0 Å². The van der Waals surface area contributed by atoms with E-state index in [9.17, 15) is 4.79 Å². The molecule has 1 aromatic heterocycles. The van der Waals surface area contributed by atoms with Crippen LogP contribution in [0, 0.1) is 5.92 Å². The molecule has 1 heterocycles. The number of carbonyl (C=O) groups is 1. The Morgan fingerprint density at radius 3 is 2.84 bits per heavy atom. The summed E-state index contributed by atoms with van der Waals surface area (Å²) in [4.78, 5) is 14.3. The topological polar surface area (TPSA) is 49.3 Å². The first kappa shape index (κ1) is 14.5. The molecule has 106 valence electrons. The van der Waals surface area contributed by atoms with Gasteiger partial charge in [0.05, 0.1) is 4.88 Å². The van der Waals surface area contributed by atoms with E-state index < -0.39 is 0 Å². The minimum atomic E-state index is 0.0112. The molecule has 0 bridgehead atoms. The van der Waals surface area contributed by atoms with Crippen LogP contribution in [0.3, 0.4) is 0 Å². The number of rotatable bonds is 4. The number of fused-ring (bicyclic) bond motifs is 1. The lowest BCUT2D eigenvalue weighted by Crippen LogP contribution is -2.28. The van der Waals surface area contributed by atoms with E-state index in [1.807, 2.05) is 6.92 Å². The highest BCUT2D eigenvalue weighted by molar-refractivity contribution is 7.14. The van der Waals surface area contributed by atoms with Gasteiger partial charge in [0.2, 0.25) is 0 Å². The summed E-state index contributed by atoms with van der Waals surface area (Å²) in [6, 6.07) is 2.07. The van der Waals surface area contributed by atoms with E-state index in [0.717, 1.165) is 17.7 Å². The van der Waals surface area contributed by atoms with Crippen molar-refractivity contribution in [2.45, 2.75) is 45.4 Å². The van der Waals surface area contributed by atoms with Crippen molar-refractivity contribution in [2.24, 2.45) is 5.92 Å². The molecule has 4 heteroatoms. The van der Waals surface area contributed by atoms with Crippen molar-refractivity contribution in [1.82, 2.24) is 5.32 Å². The summed E-state index contributed by atoms with van der Waals surface area (Å²) in [7, 11) is 0. The zero-order valence-corrected chi connectivity index (χ0v) is 12.4. The molecule has 1 unspecified atom stereocenters. The van der Waals surface area contributed by atoms with E-state index in [1.54, 1.807) is 11.3 Å². The lowest BCUT2D eigenvalue weighted by Gasteiger charge is -2.08. The molecule has 1 aliphatic rings. The molecule has 0 aliphatic heterocycles. The minimum absolute atomic E-state index is 0.0112. The Labute approximate surface area is 119 Å². The molecular formula is C15H23NO2S. The third kappa shape index (κ3) is 4.05. The summed E-state index contributed by atoms with van der Waals surface area (Å²) in [5.74, 6) is 0.127. The summed E-state index contributed by atoms with van der Waals surface area (Å²) < 4.78 is 0. The average molecular weight is 281 g/mol. The second-order valence-electron chi connectivity index (χ2n) is 5.47. The highest BCUT2D eigenvalue weighted by Gasteiger charge is 2.16. The van der Waals surface area contributed by atoms with Crippen LogP contribution in [-0.4, -0.2) is 24.2 Å². The van der Waals surface area contributed by atoms with Gasteiger partial charge >= 0.3 is 0 Å². The van der Waals surface area contributed by atoms with Crippen LogP contribution in [0.15, 0.2) is 6.07 Å². The molecule has 0 saturated carbocycles. The molecule has 0 spiro atoms. The van der Waals surface area contributed by atoms with Crippen LogP contribution in [0.5, 0.6) is 0 Å². The van der Waals surface area contributed by atoms with Crippen LogP contribution in [0.1, 0.15) is 52.7 Å². The van der Waals surface area contributed by atoms with Crippen molar-refractivity contribution in [3.63, 3.8) is 0 Å². The van der Waals surface area contributed by atoms with Crippen molar-refractivity contribution >= 4 is 17.2 Å². The van der Waals surface area contributed by atoms with Gasteiger partial charge in [-0.05, 0) is 43.2 Å². The van der Waals surface area contributed by atoms with Crippen LogP contribution in [0.2, 0.25) is 0 Å². The van der Waals surface area contributed by atoms with Gasteiger partial charge in [-0.1, -0.05) is 19.8 Å². The van der Waals surface area contributed by atoms with Crippen LogP contribution < -0.4 is 5.32 Å². The first-order valence-corrected chi connectivity index (χ1v) is 8.03. The number of hydrogen-bond donors (Lipinski definition) is 2. The van der Waals surface area contributed by atoms with Gasteiger partial charge in [0.15, 0.2) is 0 Å². The number of aliphatic hydroxyl groups excluding tert-OH is 1. The normalized spacial score (nSPS) is 17.2. The average Bonchev–Trinajstić information content (AvgIpc) is 2.78. The fraction of sp³-hybridized carbons (Fsp3) is 0.667. The molecule has 0 fully saturated rings. The van der Waals surface area contributed by atoms with Gasteiger partial charge in [-0.25, -0.2) is 0 Å². The van der Waals surface area contributed by atoms with E-state index in [-0.39, 0.29) is 18.4 Å². The Hall–Kier alpha value is -0.870. The maximum absolute atomic E-state index is 12.1. The largest absolute Gasteiger partial charge is 0.396 e. The number of aryl methyl sites for hydroxylation is 2. The number of thiophene rings is 1. The lowest BCUT2D eigenvalue weighted by molar-refractivity contribution is 0.0946. The molecule has 3 nitrogen and oxygen atoms in total. The highest BCUT2D eigenvalue weighted by Crippen LogP contribution is 2.28. The fourth-order valence-corrected chi connectivity index (χ4v) is 3.54. The fourth-order valence-electron chi connectivity index (χ4n) is 2.37. The molecule has 1 aliphatic carbocycles. The van der Waals surface area contributed by atoms with Crippen LogP contribution in [0.4, 0.5) is 0 Å². The molecule has 0 saturated heterocycles. The van der Waals surface area contributed by atoms with Gasteiger partial charge in [0.25, 0.3) is 5.91 Å². The van der Waals surface area contributed by atoms with E-state index in [2.05, 4.69) is 11.4 Å². The zero-order chi connectivity index (χ0) is 13.7. The molecule has 2 N–H and O–H groups in total. The van der Waals surface area contributed by atoms with Crippen molar-refractivity contribution in [3.8, 4) is 0 Å². The van der Waals surface area contributed by atoms with Crippen molar-refractivity contribution in [1.29, 1.82) is 0 Å². The predicted molar refractivity (Wildman–Crippen MR) is 78.8 cm³/mol. The molecule has 0 radical (unpaired) electrons. The number of aliphatic hydroxyl groups is 1. The third-order valence-electron chi connectivity index (χ3n) is 3.64. The SMILES string of the molecule is CC(CO)CNC(=O)c1cc2c(s1)CCCCCC2. The van der Waals surface area contributed by atoms with Gasteiger partial charge in [0.1, 0.15) is 0 Å². The number of nitrogens with one attached hydrogen (secondary N) is 1. The summed E-state index contributed by atoms with van der Waals surface area (Å²) in [5, 5.41) is 11.9. The van der Waals surface area contributed by atoms with Crippen LogP contribution >= 0.6 is 11.3 Å². The quantitative estimate of drug-likeness (QED) is 0.891. The molecular weight excluding hydrogens is 258 g/mol. The highest BCUT2D eigenvalue weighted by atomic mass is 32.1. The minimum Gasteiger partial charge on any atom is -0.396 e. The Bertz CT molecular complexity index is 402. The molecule has 1 aromatic rings. The van der Waals surface area contributed by atoms with E-state index >= 15 is 0 Å². The summed E-state index contributed by atoms with van der Waals surface area (Å²) >= 11 is 1.65. The standard InChI is InChI=1S/C15H23NO2S/c1-11(10-17)9-16-15(18)14-8-12-6-4-2-3-5-7-13(12)19-14/h8,11,17H,2-7,9-10H2,1H3,(H,16,18). The summed E-state index contributed by atoms with van der Waals surface area (Å²) in [5.41, 5.74) is 1.38. The Morgan fingerprint density at radius 2 is 2.11 bits per heavy atom. The Balaban J connectivity index is 2.00. The Kier molecular flexibility index (Phi) is 5.40. The smallest absolute Gasteiger partial charge is 0.261 e. The Morgan fingerprint density at radius 1 is 1.37 bits per heavy atom. The monoisotopic (exact) mass is 281 g/mol. The van der Waals surface area contributed by atoms with Gasteiger partial charge in [-0.15, -0.1) is 11.3 Å². The summed E-state index contributed by atoms with van der Waals surface area (Å²) in [6.07, 6.45) is 7.35. The molecule has 2 rings (SSSR count). The van der Waals surface area contributed by atoms with Crippen molar-refractivity contribution in [3.05, 3.63) is 21.4 Å². The molecule has 1 atom stereocenters. The first-order valence-electron chi connectivity index (χ1n) is 7.21. The number of carbonyl (C=O) groups excluding carboxylic acids is 1. The maximum Gasteiger partial charge on any atom is 0.261 e.